The zero-order chi connectivity index (χ0) is 11.1. The summed E-state index contributed by atoms with van der Waals surface area (Å²) in [5, 5.41) is 0. The summed E-state index contributed by atoms with van der Waals surface area (Å²) >= 11 is 0. The average molecular weight is 207 g/mol. The number of esters is 1. The second-order valence-electron chi connectivity index (χ2n) is 2.69. The van der Waals surface area contributed by atoms with Crippen molar-refractivity contribution in [2.75, 3.05) is 13.7 Å². The molecule has 1 aromatic heterocycles. The molecule has 0 saturated carbocycles. The number of rotatable bonds is 4. The molecule has 0 radical (unpaired) electrons. The number of carbonyl (C=O) groups is 1. The Morgan fingerprint density at radius 1 is 1.53 bits per heavy atom. The molecule has 0 atom stereocenters. The Balaban J connectivity index is 2.67. The third-order valence-corrected chi connectivity index (χ3v) is 1.63. The Labute approximate surface area is 88.5 Å². The molecule has 80 valence electrons. The molecule has 0 saturated heterocycles. The largest absolute Gasteiger partial charge is 0.481 e. The highest BCUT2D eigenvalue weighted by atomic mass is 16.5. The molecular formula is C11H13NO3. The van der Waals surface area contributed by atoms with Crippen molar-refractivity contribution >= 4 is 12.0 Å². The first-order chi connectivity index (χ1) is 7.26. The Bertz CT molecular complexity index is 361. The zero-order valence-corrected chi connectivity index (χ0v) is 8.77. The lowest BCUT2D eigenvalue weighted by atomic mass is 10.3. The Hall–Kier alpha value is -1.84. The number of methoxy groups -OCH3 is 1. The summed E-state index contributed by atoms with van der Waals surface area (Å²) in [6.45, 7) is 2.13. The fourth-order valence-electron chi connectivity index (χ4n) is 0.981. The topological polar surface area (TPSA) is 48.4 Å². The van der Waals surface area contributed by atoms with Gasteiger partial charge in [0.05, 0.1) is 19.4 Å². The van der Waals surface area contributed by atoms with Gasteiger partial charge >= 0.3 is 5.97 Å². The van der Waals surface area contributed by atoms with Crippen LogP contribution in [0.4, 0.5) is 0 Å². The molecule has 0 spiro atoms. The third-order valence-electron chi connectivity index (χ3n) is 1.63. The molecule has 0 amide bonds. The third kappa shape index (κ3) is 3.81. The molecule has 0 aliphatic rings. The van der Waals surface area contributed by atoms with Crippen LogP contribution in [0.3, 0.4) is 0 Å². The molecule has 4 nitrogen and oxygen atoms in total. The summed E-state index contributed by atoms with van der Waals surface area (Å²) in [7, 11) is 1.54. The Kier molecular flexibility index (Phi) is 4.34. The van der Waals surface area contributed by atoms with Crippen LogP contribution in [-0.4, -0.2) is 24.7 Å². The van der Waals surface area contributed by atoms with Crippen LogP contribution in [0.25, 0.3) is 6.08 Å². The SMILES string of the molecule is CCOC(=O)C=Cc1cccc(OC)n1. The fourth-order valence-corrected chi connectivity index (χ4v) is 0.981. The minimum absolute atomic E-state index is 0.370. The summed E-state index contributed by atoms with van der Waals surface area (Å²) in [5.74, 6) is 0.142. The summed E-state index contributed by atoms with van der Waals surface area (Å²) in [6.07, 6.45) is 2.92. The van der Waals surface area contributed by atoms with E-state index in [1.807, 2.05) is 0 Å². The van der Waals surface area contributed by atoms with Gasteiger partial charge < -0.3 is 9.47 Å². The van der Waals surface area contributed by atoms with Crippen LogP contribution in [-0.2, 0) is 9.53 Å². The van der Waals surface area contributed by atoms with Crippen molar-refractivity contribution in [3.05, 3.63) is 30.0 Å². The summed E-state index contributed by atoms with van der Waals surface area (Å²) in [4.78, 5) is 15.1. The van der Waals surface area contributed by atoms with E-state index in [2.05, 4.69) is 4.98 Å². The number of hydrogen-bond acceptors (Lipinski definition) is 4. The van der Waals surface area contributed by atoms with Crippen molar-refractivity contribution in [1.29, 1.82) is 0 Å². The zero-order valence-electron chi connectivity index (χ0n) is 8.77. The monoisotopic (exact) mass is 207 g/mol. The van der Waals surface area contributed by atoms with Gasteiger partial charge in [-0.3, -0.25) is 0 Å². The fraction of sp³-hybridized carbons (Fsp3) is 0.273. The molecule has 0 fully saturated rings. The molecule has 4 heteroatoms. The van der Waals surface area contributed by atoms with E-state index in [4.69, 9.17) is 9.47 Å². The first kappa shape index (κ1) is 11.2. The van der Waals surface area contributed by atoms with E-state index in [-0.39, 0.29) is 5.97 Å². The van der Waals surface area contributed by atoms with Crippen molar-refractivity contribution in [3.8, 4) is 5.88 Å². The lowest BCUT2D eigenvalue weighted by Crippen LogP contribution is -1.98. The Morgan fingerprint density at radius 2 is 2.33 bits per heavy atom. The average Bonchev–Trinajstić information content (AvgIpc) is 2.27. The van der Waals surface area contributed by atoms with Gasteiger partial charge in [-0.05, 0) is 19.1 Å². The molecule has 1 aromatic rings. The van der Waals surface area contributed by atoms with Gasteiger partial charge in [-0.25, -0.2) is 9.78 Å². The maximum absolute atomic E-state index is 11.0. The highest BCUT2D eigenvalue weighted by molar-refractivity contribution is 5.86. The van der Waals surface area contributed by atoms with E-state index in [0.29, 0.717) is 18.2 Å². The smallest absolute Gasteiger partial charge is 0.330 e. The van der Waals surface area contributed by atoms with Crippen LogP contribution in [0.15, 0.2) is 24.3 Å². The molecule has 0 N–H and O–H groups in total. The van der Waals surface area contributed by atoms with E-state index >= 15 is 0 Å². The van der Waals surface area contributed by atoms with Gasteiger partial charge in [0.1, 0.15) is 0 Å². The quantitative estimate of drug-likeness (QED) is 0.556. The summed E-state index contributed by atoms with van der Waals surface area (Å²) < 4.78 is 9.68. The van der Waals surface area contributed by atoms with Crippen molar-refractivity contribution < 1.29 is 14.3 Å². The van der Waals surface area contributed by atoms with Gasteiger partial charge in [0.15, 0.2) is 0 Å². The second kappa shape index (κ2) is 5.80. The second-order valence-corrected chi connectivity index (χ2v) is 2.69. The lowest BCUT2D eigenvalue weighted by molar-refractivity contribution is -0.137. The van der Waals surface area contributed by atoms with Crippen LogP contribution >= 0.6 is 0 Å². The van der Waals surface area contributed by atoms with Gasteiger partial charge in [0.25, 0.3) is 0 Å². The number of aromatic nitrogens is 1. The predicted molar refractivity (Wildman–Crippen MR) is 56.5 cm³/mol. The molecule has 1 heterocycles. The highest BCUT2D eigenvalue weighted by Gasteiger charge is 1.96. The molecule has 0 bridgehead atoms. The normalized spacial score (nSPS) is 10.3. The van der Waals surface area contributed by atoms with Crippen LogP contribution < -0.4 is 4.74 Å². The number of hydrogen-bond donors (Lipinski definition) is 0. The van der Waals surface area contributed by atoms with Crippen molar-refractivity contribution in [2.45, 2.75) is 6.92 Å². The van der Waals surface area contributed by atoms with Gasteiger partial charge in [-0.2, -0.15) is 0 Å². The molecular weight excluding hydrogens is 194 g/mol. The van der Waals surface area contributed by atoms with E-state index in [1.54, 1.807) is 38.3 Å². The van der Waals surface area contributed by atoms with Crippen molar-refractivity contribution in [2.24, 2.45) is 0 Å². The van der Waals surface area contributed by atoms with E-state index < -0.39 is 0 Å². The maximum Gasteiger partial charge on any atom is 0.330 e. The molecule has 0 aliphatic carbocycles. The number of nitrogens with zero attached hydrogens (tertiary/aromatic N) is 1. The molecule has 1 rings (SSSR count). The number of ether oxygens (including phenoxy) is 2. The van der Waals surface area contributed by atoms with Crippen molar-refractivity contribution in [1.82, 2.24) is 4.98 Å². The first-order valence-corrected chi connectivity index (χ1v) is 4.62. The minimum Gasteiger partial charge on any atom is -0.481 e. The van der Waals surface area contributed by atoms with Crippen LogP contribution in [0, 0.1) is 0 Å². The molecule has 15 heavy (non-hydrogen) atoms. The minimum atomic E-state index is -0.373. The van der Waals surface area contributed by atoms with E-state index in [0.717, 1.165) is 0 Å². The summed E-state index contributed by atoms with van der Waals surface area (Å²) in [5.41, 5.74) is 0.655. The predicted octanol–water partition coefficient (Wildman–Crippen LogP) is 1.67. The van der Waals surface area contributed by atoms with Gasteiger partial charge in [-0.15, -0.1) is 0 Å². The van der Waals surface area contributed by atoms with Gasteiger partial charge in [-0.1, -0.05) is 6.07 Å². The van der Waals surface area contributed by atoms with Gasteiger partial charge in [0, 0.05) is 12.1 Å². The molecule has 0 aromatic carbocycles. The number of pyridine rings is 1. The molecule has 0 unspecified atom stereocenters. The van der Waals surface area contributed by atoms with Crippen LogP contribution in [0.1, 0.15) is 12.6 Å². The van der Waals surface area contributed by atoms with Crippen LogP contribution in [0.2, 0.25) is 0 Å². The summed E-state index contributed by atoms with van der Waals surface area (Å²) in [6, 6.07) is 5.32. The van der Waals surface area contributed by atoms with E-state index in [9.17, 15) is 4.79 Å². The van der Waals surface area contributed by atoms with Crippen molar-refractivity contribution in [3.63, 3.8) is 0 Å². The standard InChI is InChI=1S/C11H13NO3/c1-3-15-11(13)8-7-9-5-4-6-10(12-9)14-2/h4-8H,3H2,1-2H3. The highest BCUT2D eigenvalue weighted by Crippen LogP contribution is 2.07. The molecule has 0 aliphatic heterocycles. The number of carbonyl (C=O) groups excluding carboxylic acids is 1. The lowest BCUT2D eigenvalue weighted by Gasteiger charge is -1.98. The van der Waals surface area contributed by atoms with Crippen LogP contribution in [0.5, 0.6) is 5.88 Å². The van der Waals surface area contributed by atoms with Gasteiger partial charge in [0.2, 0.25) is 5.88 Å². The maximum atomic E-state index is 11.0. The van der Waals surface area contributed by atoms with E-state index in [1.165, 1.54) is 6.08 Å². The first-order valence-electron chi connectivity index (χ1n) is 4.62. The Morgan fingerprint density at radius 3 is 3.00 bits per heavy atom.